The average molecular weight is 256 g/mol. The van der Waals surface area contributed by atoms with Gasteiger partial charge in [-0.25, -0.2) is 9.31 Å². The first-order valence-electron chi connectivity index (χ1n) is 5.75. The molecule has 3 rings (SSSR count). The van der Waals surface area contributed by atoms with Crippen molar-refractivity contribution in [2.45, 2.75) is 6.54 Å². The van der Waals surface area contributed by atoms with Crippen LogP contribution in [0.2, 0.25) is 0 Å². The van der Waals surface area contributed by atoms with Gasteiger partial charge >= 0.3 is 5.97 Å². The van der Waals surface area contributed by atoms with Crippen LogP contribution >= 0.6 is 0 Å². The van der Waals surface area contributed by atoms with Crippen LogP contribution in [-0.2, 0) is 6.54 Å². The third kappa shape index (κ3) is 1.93. The van der Waals surface area contributed by atoms with Crippen molar-refractivity contribution in [2.75, 3.05) is 5.73 Å². The van der Waals surface area contributed by atoms with Crippen molar-refractivity contribution >= 4 is 17.3 Å². The van der Waals surface area contributed by atoms with Crippen LogP contribution in [0.15, 0.2) is 42.9 Å². The van der Waals surface area contributed by atoms with Crippen molar-refractivity contribution in [1.82, 2.24) is 14.2 Å². The molecule has 0 spiro atoms. The number of carboxylic acids is 1. The van der Waals surface area contributed by atoms with Gasteiger partial charge < -0.3 is 15.4 Å². The fourth-order valence-corrected chi connectivity index (χ4v) is 2.13. The molecule has 0 bridgehead atoms. The molecule has 0 unspecified atom stereocenters. The Morgan fingerprint density at radius 2 is 2.21 bits per heavy atom. The van der Waals surface area contributed by atoms with Gasteiger partial charge in [0.2, 0.25) is 0 Å². The van der Waals surface area contributed by atoms with E-state index in [4.69, 9.17) is 10.8 Å². The number of fused-ring (bicyclic) bond motifs is 1. The first-order valence-corrected chi connectivity index (χ1v) is 5.75. The van der Waals surface area contributed by atoms with Crippen LogP contribution in [0.1, 0.15) is 15.9 Å². The fourth-order valence-electron chi connectivity index (χ4n) is 2.13. The molecule has 0 atom stereocenters. The number of aromatic nitrogens is 3. The van der Waals surface area contributed by atoms with Gasteiger partial charge in [-0.2, -0.15) is 5.10 Å². The molecule has 0 amide bonds. The van der Waals surface area contributed by atoms with Gasteiger partial charge in [0.1, 0.15) is 5.56 Å². The Morgan fingerprint density at radius 1 is 1.37 bits per heavy atom. The fraction of sp³-hybridized carbons (Fsp3) is 0.0769. The van der Waals surface area contributed by atoms with Crippen LogP contribution in [0, 0.1) is 0 Å². The zero-order valence-corrected chi connectivity index (χ0v) is 10.0. The number of carbonyl (C=O) groups is 1. The molecule has 2 heterocycles. The lowest BCUT2D eigenvalue weighted by atomic mass is 10.2. The molecule has 3 aromatic rings. The Labute approximate surface area is 108 Å². The highest BCUT2D eigenvalue weighted by Crippen LogP contribution is 2.15. The lowest BCUT2D eigenvalue weighted by Crippen LogP contribution is -2.03. The van der Waals surface area contributed by atoms with Crippen LogP contribution < -0.4 is 5.73 Å². The molecule has 0 aliphatic rings. The zero-order valence-electron chi connectivity index (χ0n) is 10.0. The molecule has 0 aliphatic carbocycles. The summed E-state index contributed by atoms with van der Waals surface area (Å²) in [5.74, 6) is -0.984. The molecule has 0 saturated carbocycles. The summed E-state index contributed by atoms with van der Waals surface area (Å²) in [6, 6.07) is 7.51. The standard InChI is InChI=1S/C13H12N4O2/c14-10-3-1-2-9(6-10)8-16-4-5-17-12(16)11(7-15-17)13(18)19/h1-7H,8,14H2,(H,18,19). The normalized spacial score (nSPS) is 10.9. The van der Waals surface area contributed by atoms with E-state index in [1.165, 1.54) is 6.20 Å². The Hall–Kier alpha value is -2.76. The second-order valence-corrected chi connectivity index (χ2v) is 4.30. The second-order valence-electron chi connectivity index (χ2n) is 4.30. The van der Waals surface area contributed by atoms with Crippen molar-refractivity contribution in [2.24, 2.45) is 0 Å². The summed E-state index contributed by atoms with van der Waals surface area (Å²) in [5, 5.41) is 13.1. The highest BCUT2D eigenvalue weighted by molar-refractivity contribution is 5.94. The van der Waals surface area contributed by atoms with E-state index in [-0.39, 0.29) is 5.56 Å². The predicted octanol–water partition coefficient (Wildman–Crippen LogP) is 1.46. The molecule has 96 valence electrons. The summed E-state index contributed by atoms with van der Waals surface area (Å²) in [7, 11) is 0. The SMILES string of the molecule is Nc1cccc(Cn2ccn3ncc(C(=O)O)c23)c1. The van der Waals surface area contributed by atoms with Gasteiger partial charge in [-0.05, 0) is 17.7 Å². The van der Waals surface area contributed by atoms with Crippen molar-refractivity contribution < 1.29 is 9.90 Å². The number of anilines is 1. The number of nitrogen functional groups attached to an aromatic ring is 1. The Balaban J connectivity index is 2.05. The second kappa shape index (κ2) is 4.16. The molecule has 6 nitrogen and oxygen atoms in total. The molecule has 0 radical (unpaired) electrons. The van der Waals surface area contributed by atoms with E-state index < -0.39 is 5.97 Å². The number of benzene rings is 1. The number of aromatic carboxylic acids is 1. The highest BCUT2D eigenvalue weighted by Gasteiger charge is 2.15. The quantitative estimate of drug-likeness (QED) is 0.695. The lowest BCUT2D eigenvalue weighted by molar-refractivity contribution is 0.0698. The molecule has 3 N–H and O–H groups in total. The third-order valence-electron chi connectivity index (χ3n) is 2.96. The molecule has 2 aromatic heterocycles. The zero-order chi connectivity index (χ0) is 13.4. The first kappa shape index (κ1) is 11.3. The number of hydrogen-bond acceptors (Lipinski definition) is 3. The maximum Gasteiger partial charge on any atom is 0.341 e. The molecule has 19 heavy (non-hydrogen) atoms. The van der Waals surface area contributed by atoms with Crippen LogP contribution in [-0.4, -0.2) is 25.3 Å². The summed E-state index contributed by atoms with van der Waals surface area (Å²) >= 11 is 0. The number of rotatable bonds is 3. The minimum absolute atomic E-state index is 0.189. The van der Waals surface area contributed by atoms with Gasteiger partial charge in [0.25, 0.3) is 0 Å². The molecule has 1 aromatic carbocycles. The van der Waals surface area contributed by atoms with Gasteiger partial charge in [0.05, 0.1) is 6.20 Å². The molecular formula is C13H12N4O2. The van der Waals surface area contributed by atoms with E-state index in [0.29, 0.717) is 17.9 Å². The number of nitrogens with two attached hydrogens (primary N) is 1. The summed E-state index contributed by atoms with van der Waals surface area (Å²) in [4.78, 5) is 11.1. The maximum atomic E-state index is 11.1. The van der Waals surface area contributed by atoms with E-state index in [1.54, 1.807) is 16.9 Å². The minimum atomic E-state index is -0.984. The molecule has 0 aliphatic heterocycles. The van der Waals surface area contributed by atoms with E-state index in [0.717, 1.165) is 5.56 Å². The van der Waals surface area contributed by atoms with Gasteiger partial charge in [-0.1, -0.05) is 12.1 Å². The molecule has 0 saturated heterocycles. The van der Waals surface area contributed by atoms with E-state index >= 15 is 0 Å². The predicted molar refractivity (Wildman–Crippen MR) is 70.1 cm³/mol. The third-order valence-corrected chi connectivity index (χ3v) is 2.96. The van der Waals surface area contributed by atoms with Crippen LogP contribution in [0.4, 0.5) is 5.69 Å². The molecular weight excluding hydrogens is 244 g/mol. The Kier molecular flexibility index (Phi) is 2.49. The number of nitrogens with zero attached hydrogens (tertiary/aromatic N) is 3. The number of imidazole rings is 1. The lowest BCUT2D eigenvalue weighted by Gasteiger charge is -2.05. The highest BCUT2D eigenvalue weighted by atomic mass is 16.4. The van der Waals surface area contributed by atoms with E-state index in [1.807, 2.05) is 28.8 Å². The van der Waals surface area contributed by atoms with Gasteiger partial charge in [0.15, 0.2) is 5.65 Å². The van der Waals surface area contributed by atoms with Crippen LogP contribution in [0.25, 0.3) is 5.65 Å². The van der Waals surface area contributed by atoms with Crippen LogP contribution in [0.5, 0.6) is 0 Å². The summed E-state index contributed by atoms with van der Waals surface area (Å²) < 4.78 is 3.39. The average Bonchev–Trinajstić information content (AvgIpc) is 2.92. The van der Waals surface area contributed by atoms with Gasteiger partial charge in [0, 0.05) is 24.6 Å². The van der Waals surface area contributed by atoms with Gasteiger partial charge in [-0.3, -0.25) is 0 Å². The van der Waals surface area contributed by atoms with Crippen molar-refractivity contribution in [1.29, 1.82) is 0 Å². The monoisotopic (exact) mass is 256 g/mol. The number of hydrogen-bond donors (Lipinski definition) is 2. The summed E-state index contributed by atoms with van der Waals surface area (Å²) in [6.07, 6.45) is 4.89. The maximum absolute atomic E-state index is 11.1. The minimum Gasteiger partial charge on any atom is -0.477 e. The van der Waals surface area contributed by atoms with E-state index in [2.05, 4.69) is 5.10 Å². The smallest absolute Gasteiger partial charge is 0.341 e. The van der Waals surface area contributed by atoms with Gasteiger partial charge in [-0.15, -0.1) is 0 Å². The van der Waals surface area contributed by atoms with Crippen molar-refractivity contribution in [3.8, 4) is 0 Å². The van der Waals surface area contributed by atoms with Crippen LogP contribution in [0.3, 0.4) is 0 Å². The Morgan fingerprint density at radius 3 is 2.95 bits per heavy atom. The first-order chi connectivity index (χ1) is 9.15. The van der Waals surface area contributed by atoms with Crippen molar-refractivity contribution in [3.05, 3.63) is 54.0 Å². The summed E-state index contributed by atoms with van der Waals surface area (Å²) in [5.41, 5.74) is 8.19. The van der Waals surface area contributed by atoms with Crippen molar-refractivity contribution in [3.63, 3.8) is 0 Å². The largest absolute Gasteiger partial charge is 0.477 e. The topological polar surface area (TPSA) is 85.5 Å². The molecule has 6 heteroatoms. The number of carboxylic acid groups (broad SMARTS) is 1. The molecule has 0 fully saturated rings. The van der Waals surface area contributed by atoms with E-state index in [9.17, 15) is 4.79 Å². The Bertz CT molecular complexity index is 757. The summed E-state index contributed by atoms with van der Waals surface area (Å²) in [6.45, 7) is 0.549.